The molecule has 2 aliphatic heterocycles. The maximum absolute atomic E-state index is 13.3. The number of ether oxygens (including phenoxy) is 1. The van der Waals surface area contributed by atoms with Crippen LogP contribution < -0.4 is 10.1 Å². The van der Waals surface area contributed by atoms with Gasteiger partial charge in [-0.3, -0.25) is 9.59 Å². The molecule has 10 heteroatoms. The minimum Gasteiger partial charge on any atom is -0.497 e. The van der Waals surface area contributed by atoms with Crippen molar-refractivity contribution in [3.8, 4) is 5.75 Å². The van der Waals surface area contributed by atoms with Crippen molar-refractivity contribution in [3.63, 3.8) is 0 Å². The summed E-state index contributed by atoms with van der Waals surface area (Å²) in [5.74, 6) is 1.66. The van der Waals surface area contributed by atoms with Crippen LogP contribution in [0.3, 0.4) is 0 Å². The summed E-state index contributed by atoms with van der Waals surface area (Å²) >= 11 is 1.65. The van der Waals surface area contributed by atoms with E-state index in [1.54, 1.807) is 40.8 Å². The number of methoxy groups -OCH3 is 1. The molecular weight excluding hydrogens is 442 g/mol. The van der Waals surface area contributed by atoms with E-state index < -0.39 is 12.2 Å². The Morgan fingerprint density at radius 3 is 2.55 bits per heavy atom. The standard InChI is InChI=1S/C23H35N5O4S/c1-16(2)13-26-14-20-27(19(22(26)30)10-11-33-5)21(29)15-25(3)28(20)23(31)24-12-17-6-8-18(32-4)9-7-17/h6-9,16,19-20H,10-15H2,1-5H3,(H,24,31)/t19-,20-/m0/s1. The number of carbonyl (C=O) groups is 3. The predicted molar refractivity (Wildman–Crippen MR) is 129 cm³/mol. The van der Waals surface area contributed by atoms with Crippen LogP contribution in [0.5, 0.6) is 5.75 Å². The third kappa shape index (κ3) is 5.73. The highest BCUT2D eigenvalue weighted by atomic mass is 32.2. The highest BCUT2D eigenvalue weighted by molar-refractivity contribution is 7.98. The highest BCUT2D eigenvalue weighted by Crippen LogP contribution is 2.28. The average molecular weight is 478 g/mol. The lowest BCUT2D eigenvalue weighted by Gasteiger charge is -2.54. The number of likely N-dealkylation sites (N-methyl/N-ethyl adjacent to an activating group) is 1. The Balaban J connectivity index is 1.81. The third-order valence-corrected chi connectivity index (χ3v) is 6.58. The molecule has 2 heterocycles. The molecule has 0 aliphatic carbocycles. The Morgan fingerprint density at radius 1 is 1.24 bits per heavy atom. The van der Waals surface area contributed by atoms with E-state index in [4.69, 9.17) is 4.74 Å². The molecule has 2 saturated heterocycles. The van der Waals surface area contributed by atoms with E-state index in [-0.39, 0.29) is 30.3 Å². The summed E-state index contributed by atoms with van der Waals surface area (Å²) in [6, 6.07) is 6.66. The van der Waals surface area contributed by atoms with Gasteiger partial charge in [-0.15, -0.1) is 0 Å². The molecule has 9 nitrogen and oxygen atoms in total. The van der Waals surface area contributed by atoms with Gasteiger partial charge in [-0.05, 0) is 42.0 Å². The van der Waals surface area contributed by atoms with Crippen LogP contribution in [0.1, 0.15) is 25.8 Å². The molecule has 3 rings (SSSR count). The monoisotopic (exact) mass is 477 g/mol. The molecule has 1 N–H and O–H groups in total. The number of thioether (sulfide) groups is 1. The summed E-state index contributed by atoms with van der Waals surface area (Å²) in [7, 11) is 3.35. The predicted octanol–water partition coefficient (Wildman–Crippen LogP) is 1.84. The Labute approximate surface area is 200 Å². The molecule has 1 aromatic rings. The molecular formula is C23H35N5O4S. The fraction of sp³-hybridized carbons (Fsp3) is 0.609. The van der Waals surface area contributed by atoms with Crippen molar-refractivity contribution in [2.24, 2.45) is 5.92 Å². The molecule has 4 amide bonds. The van der Waals surface area contributed by atoms with Gasteiger partial charge in [0.2, 0.25) is 11.8 Å². The lowest BCUT2D eigenvalue weighted by Crippen LogP contribution is -2.76. The van der Waals surface area contributed by atoms with Gasteiger partial charge >= 0.3 is 6.03 Å². The first-order chi connectivity index (χ1) is 15.8. The Kier molecular flexibility index (Phi) is 8.47. The van der Waals surface area contributed by atoms with Gasteiger partial charge < -0.3 is 19.9 Å². The molecule has 182 valence electrons. The third-order valence-electron chi connectivity index (χ3n) is 5.93. The number of nitrogens with zero attached hydrogens (tertiary/aromatic N) is 4. The van der Waals surface area contributed by atoms with E-state index in [0.717, 1.165) is 17.1 Å². The van der Waals surface area contributed by atoms with Crippen molar-refractivity contribution in [1.29, 1.82) is 0 Å². The van der Waals surface area contributed by atoms with E-state index in [1.165, 1.54) is 0 Å². The van der Waals surface area contributed by atoms with Crippen molar-refractivity contribution in [2.75, 3.05) is 45.8 Å². The van der Waals surface area contributed by atoms with Crippen LogP contribution in [0.15, 0.2) is 24.3 Å². The number of piperazine rings is 1. The van der Waals surface area contributed by atoms with Crippen LogP contribution in [0.2, 0.25) is 0 Å². The van der Waals surface area contributed by atoms with E-state index in [0.29, 0.717) is 26.1 Å². The number of amides is 4. The number of hydrogen-bond donors (Lipinski definition) is 1. The molecule has 0 saturated carbocycles. The number of nitrogens with one attached hydrogen (secondary N) is 1. The van der Waals surface area contributed by atoms with Crippen molar-refractivity contribution in [1.82, 2.24) is 25.1 Å². The largest absolute Gasteiger partial charge is 0.497 e. The summed E-state index contributed by atoms with van der Waals surface area (Å²) in [4.78, 5) is 43.1. The molecule has 0 aromatic heterocycles. The lowest BCUT2D eigenvalue weighted by atomic mass is 10.0. The Bertz CT molecular complexity index is 850. The van der Waals surface area contributed by atoms with Gasteiger partial charge in [0.25, 0.3) is 0 Å². The summed E-state index contributed by atoms with van der Waals surface area (Å²) in [6.45, 7) is 5.43. The summed E-state index contributed by atoms with van der Waals surface area (Å²) in [5, 5.41) is 6.22. The van der Waals surface area contributed by atoms with Crippen LogP contribution in [-0.4, -0.2) is 95.7 Å². The number of benzene rings is 1. The molecule has 2 fully saturated rings. The number of rotatable bonds is 8. The summed E-state index contributed by atoms with van der Waals surface area (Å²) in [5.41, 5.74) is 0.940. The van der Waals surface area contributed by atoms with Gasteiger partial charge in [-0.2, -0.15) is 11.8 Å². The Morgan fingerprint density at radius 2 is 1.94 bits per heavy atom. The molecule has 0 spiro atoms. The second-order valence-electron chi connectivity index (χ2n) is 8.88. The number of fused-ring (bicyclic) bond motifs is 1. The number of urea groups is 1. The minimum atomic E-state index is -0.548. The minimum absolute atomic E-state index is 0.0227. The first-order valence-electron chi connectivity index (χ1n) is 11.3. The molecule has 0 bridgehead atoms. The Hall–Kier alpha value is -2.46. The lowest BCUT2D eigenvalue weighted by molar-refractivity contribution is -0.187. The van der Waals surface area contributed by atoms with Crippen LogP contribution in [0, 0.1) is 5.92 Å². The van der Waals surface area contributed by atoms with Crippen LogP contribution in [-0.2, 0) is 16.1 Å². The van der Waals surface area contributed by atoms with Gasteiger partial charge in [0, 0.05) is 20.1 Å². The normalized spacial score (nSPS) is 21.5. The van der Waals surface area contributed by atoms with Crippen molar-refractivity contribution < 1.29 is 19.1 Å². The van der Waals surface area contributed by atoms with Gasteiger partial charge in [-0.25, -0.2) is 14.8 Å². The molecule has 2 aliphatic rings. The average Bonchev–Trinajstić information content (AvgIpc) is 2.78. The molecule has 1 aromatic carbocycles. The van der Waals surface area contributed by atoms with Crippen molar-refractivity contribution in [2.45, 2.75) is 39.0 Å². The van der Waals surface area contributed by atoms with Crippen LogP contribution in [0.4, 0.5) is 4.79 Å². The summed E-state index contributed by atoms with van der Waals surface area (Å²) in [6.07, 6.45) is 2.03. The molecule has 33 heavy (non-hydrogen) atoms. The van der Waals surface area contributed by atoms with E-state index >= 15 is 0 Å². The van der Waals surface area contributed by atoms with E-state index in [9.17, 15) is 14.4 Å². The summed E-state index contributed by atoms with van der Waals surface area (Å²) < 4.78 is 5.18. The number of hydrazine groups is 1. The van der Waals surface area contributed by atoms with Gasteiger partial charge in [0.05, 0.1) is 20.2 Å². The highest BCUT2D eigenvalue weighted by Gasteiger charge is 2.50. The number of carbonyl (C=O) groups excluding carboxylic acids is 3. The maximum Gasteiger partial charge on any atom is 0.334 e. The topological polar surface area (TPSA) is 85.4 Å². The molecule has 0 radical (unpaired) electrons. The second kappa shape index (κ2) is 11.1. The fourth-order valence-electron chi connectivity index (χ4n) is 4.42. The van der Waals surface area contributed by atoms with E-state index in [2.05, 4.69) is 19.2 Å². The van der Waals surface area contributed by atoms with Gasteiger partial charge in [-0.1, -0.05) is 26.0 Å². The van der Waals surface area contributed by atoms with Gasteiger partial charge in [0.15, 0.2) is 0 Å². The fourth-order valence-corrected chi connectivity index (χ4v) is 4.88. The smallest absolute Gasteiger partial charge is 0.334 e. The van der Waals surface area contributed by atoms with Crippen LogP contribution >= 0.6 is 11.8 Å². The van der Waals surface area contributed by atoms with E-state index in [1.807, 2.05) is 35.4 Å². The maximum atomic E-state index is 13.3. The first-order valence-corrected chi connectivity index (χ1v) is 12.7. The second-order valence-corrected chi connectivity index (χ2v) is 9.87. The quantitative estimate of drug-likeness (QED) is 0.615. The molecule has 2 atom stereocenters. The first kappa shape index (κ1) is 25.2. The zero-order valence-electron chi connectivity index (χ0n) is 20.1. The zero-order chi connectivity index (χ0) is 24.1. The molecule has 0 unspecified atom stereocenters. The van der Waals surface area contributed by atoms with Crippen molar-refractivity contribution >= 4 is 29.6 Å². The van der Waals surface area contributed by atoms with Crippen molar-refractivity contribution in [3.05, 3.63) is 29.8 Å². The van der Waals surface area contributed by atoms with Gasteiger partial charge in [0.1, 0.15) is 18.0 Å². The SMILES string of the molecule is COc1ccc(CNC(=O)N2[C@H]3CN(CC(C)C)C(=O)[C@H](CCSC)N3C(=O)CN2C)cc1. The number of hydrogen-bond acceptors (Lipinski definition) is 6. The van der Waals surface area contributed by atoms with Crippen LogP contribution in [0.25, 0.3) is 0 Å². The zero-order valence-corrected chi connectivity index (χ0v) is 20.9.